The van der Waals surface area contributed by atoms with Gasteiger partial charge < -0.3 is 9.57 Å². The summed E-state index contributed by atoms with van der Waals surface area (Å²) < 4.78 is 5.72. The van der Waals surface area contributed by atoms with E-state index in [0.29, 0.717) is 6.73 Å². The maximum Gasteiger partial charge on any atom is 0.330 e. The van der Waals surface area contributed by atoms with Crippen molar-refractivity contribution in [2.45, 2.75) is 39.2 Å². The van der Waals surface area contributed by atoms with E-state index in [0.717, 1.165) is 32.5 Å². The second-order valence-electron chi connectivity index (χ2n) is 5.96. The third-order valence-corrected chi connectivity index (χ3v) is 3.39. The number of rotatable bonds is 1. The van der Waals surface area contributed by atoms with Crippen LogP contribution in [0.15, 0.2) is 0 Å². The lowest BCUT2D eigenvalue weighted by atomic mass is 9.92. The molecule has 5 heteroatoms. The van der Waals surface area contributed by atoms with Crippen LogP contribution in [0, 0.1) is 5.41 Å². The fourth-order valence-corrected chi connectivity index (χ4v) is 2.09. The average molecular weight is 242 g/mol. The molecule has 0 aromatic rings. The molecule has 0 atom stereocenters. The van der Waals surface area contributed by atoms with E-state index in [2.05, 4.69) is 5.32 Å². The molecule has 2 aliphatic rings. The van der Waals surface area contributed by atoms with Crippen LogP contribution in [0.3, 0.4) is 0 Å². The predicted octanol–water partition coefficient (Wildman–Crippen LogP) is 0.903. The highest BCUT2D eigenvalue weighted by molar-refractivity contribution is 5.75. The number of hydroxylamine groups is 2. The van der Waals surface area contributed by atoms with Crippen molar-refractivity contribution in [2.24, 2.45) is 5.41 Å². The molecule has 2 saturated heterocycles. The van der Waals surface area contributed by atoms with Gasteiger partial charge in [0.15, 0.2) is 0 Å². The summed E-state index contributed by atoms with van der Waals surface area (Å²) in [6.45, 7) is 8.66. The molecular weight excluding hydrogens is 220 g/mol. The van der Waals surface area contributed by atoms with Gasteiger partial charge in [0.05, 0.1) is 17.7 Å². The number of hydrogen-bond acceptors (Lipinski definition) is 5. The normalized spacial score (nSPS) is 25.1. The van der Waals surface area contributed by atoms with Crippen molar-refractivity contribution in [3.8, 4) is 0 Å². The summed E-state index contributed by atoms with van der Waals surface area (Å²) in [5.74, 6) is -0.168. The molecule has 0 aliphatic carbocycles. The molecule has 17 heavy (non-hydrogen) atoms. The van der Waals surface area contributed by atoms with Gasteiger partial charge in [0.25, 0.3) is 0 Å². The molecule has 0 bridgehead atoms. The minimum absolute atomic E-state index is 0.0232. The third-order valence-electron chi connectivity index (χ3n) is 3.39. The summed E-state index contributed by atoms with van der Waals surface area (Å²) in [5, 5.41) is 4.98. The Morgan fingerprint density at radius 2 is 2.00 bits per heavy atom. The minimum atomic E-state index is -0.444. The highest BCUT2D eigenvalue weighted by Gasteiger charge is 2.39. The summed E-state index contributed by atoms with van der Waals surface area (Å²) in [7, 11) is 0. The Hall–Kier alpha value is -0.650. The van der Waals surface area contributed by atoms with Gasteiger partial charge in [0.1, 0.15) is 0 Å². The zero-order chi connectivity index (χ0) is 12.5. The highest BCUT2D eigenvalue weighted by Crippen LogP contribution is 2.29. The lowest BCUT2D eigenvalue weighted by molar-refractivity contribution is -0.213. The van der Waals surface area contributed by atoms with Crippen molar-refractivity contribution < 1.29 is 14.4 Å². The molecule has 2 rings (SSSR count). The number of nitrogens with zero attached hydrogens (tertiary/aromatic N) is 1. The first kappa shape index (κ1) is 12.8. The second kappa shape index (κ2) is 4.55. The van der Waals surface area contributed by atoms with Crippen molar-refractivity contribution in [1.82, 2.24) is 10.4 Å². The Kier molecular flexibility index (Phi) is 3.43. The van der Waals surface area contributed by atoms with Crippen LogP contribution in [-0.4, -0.2) is 43.0 Å². The van der Waals surface area contributed by atoms with E-state index in [9.17, 15) is 4.79 Å². The van der Waals surface area contributed by atoms with Crippen LogP contribution in [0.2, 0.25) is 0 Å². The predicted molar refractivity (Wildman–Crippen MR) is 63.0 cm³/mol. The average Bonchev–Trinajstić information content (AvgIpc) is 2.69. The number of nitrogens with one attached hydrogen (secondary N) is 1. The van der Waals surface area contributed by atoms with Crippen LogP contribution in [0.4, 0.5) is 0 Å². The van der Waals surface area contributed by atoms with Gasteiger partial charge in [0.2, 0.25) is 0 Å². The van der Waals surface area contributed by atoms with Gasteiger partial charge in [-0.2, -0.15) is 0 Å². The molecule has 1 spiro atoms. The summed E-state index contributed by atoms with van der Waals surface area (Å²) in [5.41, 5.74) is -0.467. The number of carbonyl (C=O) groups excluding carboxylic acids is 1. The molecule has 0 unspecified atom stereocenters. The summed E-state index contributed by atoms with van der Waals surface area (Å²) >= 11 is 0. The van der Waals surface area contributed by atoms with Crippen molar-refractivity contribution in [2.75, 3.05) is 26.4 Å². The SMILES string of the molecule is CC(C)(C)C(=O)ON1CCC2(CC1)CNCO2. The van der Waals surface area contributed by atoms with Crippen molar-refractivity contribution >= 4 is 5.97 Å². The van der Waals surface area contributed by atoms with Gasteiger partial charge in [-0.1, -0.05) is 0 Å². The molecule has 0 aromatic heterocycles. The van der Waals surface area contributed by atoms with Gasteiger partial charge in [0, 0.05) is 19.6 Å². The zero-order valence-electron chi connectivity index (χ0n) is 10.9. The molecule has 98 valence electrons. The standard InChI is InChI=1S/C12H22N2O3/c1-11(2,3)10(15)17-14-6-4-12(5-7-14)8-13-9-16-12/h13H,4-9H2,1-3H3. The van der Waals surface area contributed by atoms with Gasteiger partial charge >= 0.3 is 5.97 Å². The number of hydrogen-bond donors (Lipinski definition) is 1. The van der Waals surface area contributed by atoms with Crippen molar-refractivity contribution in [3.05, 3.63) is 0 Å². The molecule has 0 radical (unpaired) electrons. The van der Waals surface area contributed by atoms with E-state index >= 15 is 0 Å². The summed E-state index contributed by atoms with van der Waals surface area (Å²) in [6.07, 6.45) is 1.83. The molecule has 5 nitrogen and oxygen atoms in total. The maximum atomic E-state index is 11.7. The lowest BCUT2D eigenvalue weighted by Gasteiger charge is -2.37. The largest absolute Gasteiger partial charge is 0.367 e. The van der Waals surface area contributed by atoms with E-state index < -0.39 is 5.41 Å². The van der Waals surface area contributed by atoms with Crippen LogP contribution in [-0.2, 0) is 14.4 Å². The molecule has 2 heterocycles. The molecule has 2 aliphatic heterocycles. The highest BCUT2D eigenvalue weighted by atomic mass is 16.7. The van der Waals surface area contributed by atoms with Crippen LogP contribution in [0.5, 0.6) is 0 Å². The molecule has 2 fully saturated rings. The van der Waals surface area contributed by atoms with E-state index in [1.165, 1.54) is 0 Å². The fraction of sp³-hybridized carbons (Fsp3) is 0.917. The number of carbonyl (C=O) groups is 1. The van der Waals surface area contributed by atoms with Gasteiger partial charge in [-0.15, -0.1) is 5.06 Å². The number of piperidine rings is 1. The van der Waals surface area contributed by atoms with E-state index in [1.54, 1.807) is 5.06 Å². The second-order valence-corrected chi connectivity index (χ2v) is 5.96. The molecule has 0 amide bonds. The quantitative estimate of drug-likeness (QED) is 0.740. The Morgan fingerprint density at radius 3 is 2.47 bits per heavy atom. The van der Waals surface area contributed by atoms with Crippen molar-refractivity contribution in [1.29, 1.82) is 0 Å². The molecule has 1 N–H and O–H groups in total. The zero-order valence-corrected chi connectivity index (χ0v) is 10.9. The summed E-state index contributed by atoms with van der Waals surface area (Å²) in [6, 6.07) is 0. The third kappa shape index (κ3) is 2.97. The maximum absolute atomic E-state index is 11.7. The smallest absolute Gasteiger partial charge is 0.330 e. The van der Waals surface area contributed by atoms with Crippen LogP contribution >= 0.6 is 0 Å². The van der Waals surface area contributed by atoms with Crippen LogP contribution < -0.4 is 5.32 Å². The van der Waals surface area contributed by atoms with Gasteiger partial charge in [-0.3, -0.25) is 5.32 Å². The molecule has 0 aromatic carbocycles. The van der Waals surface area contributed by atoms with Crippen LogP contribution in [0.25, 0.3) is 0 Å². The van der Waals surface area contributed by atoms with E-state index in [1.807, 2.05) is 20.8 Å². The minimum Gasteiger partial charge on any atom is -0.367 e. The Labute approximate surface area is 102 Å². The Morgan fingerprint density at radius 1 is 1.35 bits per heavy atom. The van der Waals surface area contributed by atoms with Gasteiger partial charge in [-0.25, -0.2) is 4.79 Å². The number of ether oxygens (including phenoxy) is 1. The fourth-order valence-electron chi connectivity index (χ4n) is 2.09. The Balaban J connectivity index is 1.81. The molecular formula is C12H22N2O3. The molecule has 0 saturated carbocycles. The first-order valence-electron chi connectivity index (χ1n) is 6.23. The van der Waals surface area contributed by atoms with Gasteiger partial charge in [-0.05, 0) is 33.6 Å². The first-order chi connectivity index (χ1) is 7.91. The summed E-state index contributed by atoms with van der Waals surface area (Å²) in [4.78, 5) is 17.1. The van der Waals surface area contributed by atoms with E-state index in [4.69, 9.17) is 9.57 Å². The van der Waals surface area contributed by atoms with Crippen molar-refractivity contribution in [3.63, 3.8) is 0 Å². The first-order valence-corrected chi connectivity index (χ1v) is 6.23. The van der Waals surface area contributed by atoms with Crippen LogP contribution in [0.1, 0.15) is 33.6 Å². The monoisotopic (exact) mass is 242 g/mol. The lowest BCUT2D eigenvalue weighted by Crippen LogP contribution is -2.47. The topological polar surface area (TPSA) is 50.8 Å². The van der Waals surface area contributed by atoms with E-state index in [-0.39, 0.29) is 11.6 Å². The Bertz CT molecular complexity index is 283.